The minimum atomic E-state index is -0.493. The Balaban J connectivity index is 2.34. The lowest BCUT2D eigenvalue weighted by molar-refractivity contribution is -0.137. The van der Waals surface area contributed by atoms with E-state index in [1.165, 1.54) is 25.2 Å². The van der Waals surface area contributed by atoms with Gasteiger partial charge in [-0.15, -0.1) is 0 Å². The van der Waals surface area contributed by atoms with Gasteiger partial charge in [-0.25, -0.2) is 4.79 Å². The molecule has 1 N–H and O–H groups in total. The van der Waals surface area contributed by atoms with Crippen LogP contribution in [0.25, 0.3) is 0 Å². The highest BCUT2D eigenvalue weighted by Gasteiger charge is 2.23. The smallest absolute Gasteiger partial charge is 0.354 e. The molecule has 94 valence electrons. The van der Waals surface area contributed by atoms with E-state index < -0.39 is 5.97 Å². The van der Waals surface area contributed by atoms with Crippen LogP contribution in [0.5, 0.6) is 0 Å². The number of hydrogen-bond donors (Lipinski definition) is 1. The van der Waals surface area contributed by atoms with Gasteiger partial charge in [0.15, 0.2) is 0 Å². The van der Waals surface area contributed by atoms with Crippen LogP contribution in [0.15, 0.2) is 35.5 Å². The highest BCUT2D eigenvalue weighted by molar-refractivity contribution is 5.94. The highest BCUT2D eigenvalue weighted by atomic mass is 16.5. The van der Waals surface area contributed by atoms with E-state index in [9.17, 15) is 9.59 Å². The third-order valence-corrected chi connectivity index (χ3v) is 2.97. The van der Waals surface area contributed by atoms with E-state index in [1.54, 1.807) is 0 Å². The number of carbonyl (C=O) groups excluding carboxylic acids is 2. The Morgan fingerprint density at radius 2 is 1.72 bits per heavy atom. The minimum absolute atomic E-state index is 0.265. The van der Waals surface area contributed by atoms with Crippen molar-refractivity contribution in [3.05, 3.63) is 46.7 Å². The number of esters is 1. The highest BCUT2D eigenvalue weighted by Crippen LogP contribution is 2.27. The summed E-state index contributed by atoms with van der Waals surface area (Å²) in [7, 11) is 1.31. The lowest BCUT2D eigenvalue weighted by Gasteiger charge is -2.09. The summed E-state index contributed by atoms with van der Waals surface area (Å²) in [5.74, 6) is -0.758. The molecular formula is C14H15NO3. The first-order valence-corrected chi connectivity index (χ1v) is 5.76. The first-order chi connectivity index (χ1) is 8.61. The average molecular weight is 245 g/mol. The van der Waals surface area contributed by atoms with Crippen LogP contribution in [0.4, 0.5) is 0 Å². The number of fused-ring (bicyclic) bond motifs is 1. The van der Waals surface area contributed by atoms with Crippen molar-refractivity contribution in [2.75, 3.05) is 7.11 Å². The number of amides is 1. The number of methoxy groups -OCH3 is 1. The average Bonchev–Trinajstić information content (AvgIpc) is 2.78. The number of ether oxygens (including phenoxy) is 1. The lowest BCUT2D eigenvalue weighted by Crippen LogP contribution is -2.27. The molecule has 0 saturated heterocycles. The summed E-state index contributed by atoms with van der Waals surface area (Å²) < 4.78 is 4.71. The van der Waals surface area contributed by atoms with Crippen LogP contribution in [0.2, 0.25) is 0 Å². The number of nitrogens with one attached hydrogen (secondary N) is 1. The van der Waals surface area contributed by atoms with Crippen molar-refractivity contribution in [1.29, 1.82) is 0 Å². The van der Waals surface area contributed by atoms with E-state index in [2.05, 4.69) is 5.32 Å². The third-order valence-electron chi connectivity index (χ3n) is 2.97. The van der Waals surface area contributed by atoms with Crippen molar-refractivity contribution in [1.82, 2.24) is 5.32 Å². The van der Waals surface area contributed by atoms with Crippen molar-refractivity contribution in [3.8, 4) is 0 Å². The van der Waals surface area contributed by atoms with Crippen molar-refractivity contribution < 1.29 is 14.3 Å². The molecule has 1 aromatic rings. The molecule has 4 nitrogen and oxygen atoms in total. The number of allylic oxidation sites excluding steroid dienone is 1. The van der Waals surface area contributed by atoms with Gasteiger partial charge in [0.2, 0.25) is 5.91 Å². The maximum Gasteiger partial charge on any atom is 0.354 e. The third kappa shape index (κ3) is 2.42. The van der Waals surface area contributed by atoms with Gasteiger partial charge in [-0.1, -0.05) is 24.3 Å². The molecule has 0 bridgehead atoms. The van der Waals surface area contributed by atoms with Crippen molar-refractivity contribution in [2.45, 2.75) is 19.8 Å². The maximum atomic E-state index is 11.7. The monoisotopic (exact) mass is 245 g/mol. The summed E-state index contributed by atoms with van der Waals surface area (Å²) in [5, 5.41) is 2.57. The number of rotatable bonds is 2. The zero-order valence-corrected chi connectivity index (χ0v) is 10.4. The predicted octanol–water partition coefficient (Wildman–Crippen LogP) is 1.35. The molecule has 18 heavy (non-hydrogen) atoms. The Kier molecular flexibility index (Phi) is 3.46. The molecule has 0 atom stereocenters. The van der Waals surface area contributed by atoms with Gasteiger partial charge >= 0.3 is 5.97 Å². The second-order valence-electron chi connectivity index (χ2n) is 4.27. The standard InChI is InChI=1S/C14H15NO3/c1-9(16)15-13(14(17)18-2)12-7-10-5-3-4-6-11(10)8-12/h3-6H,7-8H2,1-2H3,(H,15,16). The van der Waals surface area contributed by atoms with Gasteiger partial charge in [-0.2, -0.15) is 0 Å². The van der Waals surface area contributed by atoms with Gasteiger partial charge < -0.3 is 10.1 Å². The lowest BCUT2D eigenvalue weighted by atomic mass is 10.1. The minimum Gasteiger partial charge on any atom is -0.464 e. The molecule has 4 heteroatoms. The second kappa shape index (κ2) is 5.04. The summed E-state index contributed by atoms with van der Waals surface area (Å²) in [6.07, 6.45) is 1.36. The second-order valence-corrected chi connectivity index (χ2v) is 4.27. The molecular weight excluding hydrogens is 230 g/mol. The largest absolute Gasteiger partial charge is 0.464 e. The summed E-state index contributed by atoms with van der Waals surface area (Å²) in [6, 6.07) is 8.01. The SMILES string of the molecule is COC(=O)C(NC(C)=O)=C1Cc2ccccc2C1. The van der Waals surface area contributed by atoms with E-state index in [-0.39, 0.29) is 11.6 Å². The Hall–Kier alpha value is -2.10. The summed E-state index contributed by atoms with van der Waals surface area (Å²) in [6.45, 7) is 1.38. The molecule has 0 heterocycles. The fourth-order valence-electron chi connectivity index (χ4n) is 2.16. The van der Waals surface area contributed by atoms with Crippen LogP contribution >= 0.6 is 0 Å². The molecule has 0 fully saturated rings. The fourth-order valence-corrected chi connectivity index (χ4v) is 2.16. The fraction of sp³-hybridized carbons (Fsp3) is 0.286. The zero-order chi connectivity index (χ0) is 13.1. The van der Waals surface area contributed by atoms with Gasteiger partial charge in [0.25, 0.3) is 0 Å². The number of hydrogen-bond acceptors (Lipinski definition) is 3. The van der Waals surface area contributed by atoms with Crippen LogP contribution < -0.4 is 5.32 Å². The molecule has 1 aliphatic rings. The van der Waals surface area contributed by atoms with Crippen LogP contribution in [-0.4, -0.2) is 19.0 Å². The van der Waals surface area contributed by atoms with Crippen molar-refractivity contribution >= 4 is 11.9 Å². The molecule has 0 aliphatic heterocycles. The molecule has 0 spiro atoms. The van der Waals surface area contributed by atoms with E-state index in [1.807, 2.05) is 24.3 Å². The van der Waals surface area contributed by atoms with Crippen LogP contribution in [0, 0.1) is 0 Å². The molecule has 1 aromatic carbocycles. The van der Waals surface area contributed by atoms with Gasteiger partial charge in [0.1, 0.15) is 5.70 Å². The van der Waals surface area contributed by atoms with E-state index in [0.717, 1.165) is 5.57 Å². The Labute approximate surface area is 106 Å². The Morgan fingerprint density at radius 1 is 1.17 bits per heavy atom. The Morgan fingerprint density at radius 3 is 2.17 bits per heavy atom. The number of carbonyl (C=O) groups is 2. The van der Waals surface area contributed by atoms with E-state index >= 15 is 0 Å². The first-order valence-electron chi connectivity index (χ1n) is 5.76. The molecule has 1 amide bonds. The molecule has 1 aliphatic carbocycles. The van der Waals surface area contributed by atoms with Crippen molar-refractivity contribution in [2.24, 2.45) is 0 Å². The zero-order valence-electron chi connectivity index (χ0n) is 10.4. The first kappa shape index (κ1) is 12.4. The van der Waals surface area contributed by atoms with Gasteiger partial charge in [-0.3, -0.25) is 4.79 Å². The van der Waals surface area contributed by atoms with Crippen LogP contribution in [0.3, 0.4) is 0 Å². The summed E-state index contributed by atoms with van der Waals surface area (Å²) in [5.41, 5.74) is 3.57. The normalized spacial score (nSPS) is 12.9. The van der Waals surface area contributed by atoms with E-state index in [4.69, 9.17) is 4.74 Å². The van der Waals surface area contributed by atoms with Gasteiger partial charge in [0.05, 0.1) is 7.11 Å². The Bertz CT molecular complexity index is 505. The molecule has 0 unspecified atom stereocenters. The summed E-state index contributed by atoms with van der Waals surface area (Å²) in [4.78, 5) is 22.8. The molecule has 0 radical (unpaired) electrons. The van der Waals surface area contributed by atoms with Crippen molar-refractivity contribution in [3.63, 3.8) is 0 Å². The van der Waals surface area contributed by atoms with Gasteiger partial charge in [0, 0.05) is 6.92 Å². The van der Waals surface area contributed by atoms with Crippen LogP contribution in [-0.2, 0) is 27.2 Å². The van der Waals surface area contributed by atoms with E-state index in [0.29, 0.717) is 12.8 Å². The van der Waals surface area contributed by atoms with Crippen LogP contribution in [0.1, 0.15) is 18.1 Å². The maximum absolute atomic E-state index is 11.7. The molecule has 2 rings (SSSR count). The number of benzene rings is 1. The molecule has 0 aromatic heterocycles. The topological polar surface area (TPSA) is 55.4 Å². The predicted molar refractivity (Wildman–Crippen MR) is 66.7 cm³/mol. The van der Waals surface area contributed by atoms with Gasteiger partial charge in [-0.05, 0) is 29.5 Å². The molecule has 0 saturated carbocycles. The summed E-state index contributed by atoms with van der Waals surface area (Å²) >= 11 is 0. The quantitative estimate of drug-likeness (QED) is 0.632.